The second-order valence-electron chi connectivity index (χ2n) is 6.78. The Morgan fingerprint density at radius 2 is 2.14 bits per heavy atom. The van der Waals surface area contributed by atoms with Gasteiger partial charge in [0.2, 0.25) is 0 Å². The van der Waals surface area contributed by atoms with E-state index in [1.807, 2.05) is 18.2 Å². The number of imidazole rings is 1. The maximum Gasteiger partial charge on any atom is 0.251 e. The minimum absolute atomic E-state index is 0.217. The van der Waals surface area contributed by atoms with Crippen LogP contribution in [-0.4, -0.2) is 44.9 Å². The van der Waals surface area contributed by atoms with Gasteiger partial charge in [0.05, 0.1) is 23.7 Å². The van der Waals surface area contributed by atoms with Gasteiger partial charge in [-0.3, -0.25) is 4.79 Å². The molecular weight excluding hydrogens is 382 g/mol. The van der Waals surface area contributed by atoms with Crippen LogP contribution >= 0.6 is 11.6 Å². The molecule has 0 radical (unpaired) electrons. The fourth-order valence-corrected chi connectivity index (χ4v) is 3.51. The van der Waals surface area contributed by atoms with Crippen molar-refractivity contribution in [2.75, 3.05) is 6.61 Å². The highest BCUT2D eigenvalue weighted by Crippen LogP contribution is 2.32. The summed E-state index contributed by atoms with van der Waals surface area (Å²) in [5.41, 5.74) is 2.74. The van der Waals surface area contributed by atoms with Crippen LogP contribution in [0.4, 0.5) is 0 Å². The molecule has 4 rings (SSSR count). The molecule has 1 aromatic heterocycles. The van der Waals surface area contributed by atoms with Gasteiger partial charge in [0, 0.05) is 23.6 Å². The van der Waals surface area contributed by atoms with Crippen molar-refractivity contribution in [3.05, 3.63) is 64.4 Å². The van der Waals surface area contributed by atoms with Crippen molar-refractivity contribution in [2.45, 2.75) is 31.3 Å². The number of amides is 1. The summed E-state index contributed by atoms with van der Waals surface area (Å²) in [5, 5.41) is 22.6. The third kappa shape index (κ3) is 3.74. The topological polar surface area (TPSA) is 107 Å². The maximum atomic E-state index is 12.5. The van der Waals surface area contributed by atoms with Gasteiger partial charge in [-0.05, 0) is 29.8 Å². The Kier molecular flexibility index (Phi) is 5.32. The van der Waals surface area contributed by atoms with Crippen molar-refractivity contribution in [3.8, 4) is 0 Å². The minimum Gasteiger partial charge on any atom is -0.394 e. The van der Waals surface area contributed by atoms with Gasteiger partial charge >= 0.3 is 0 Å². The Labute approximate surface area is 166 Å². The van der Waals surface area contributed by atoms with Gasteiger partial charge in [-0.1, -0.05) is 29.8 Å². The molecule has 1 aliphatic heterocycles. The lowest BCUT2D eigenvalue weighted by Gasteiger charge is -2.09. The van der Waals surface area contributed by atoms with Crippen LogP contribution in [0.3, 0.4) is 0 Å². The molecule has 2 heterocycles. The van der Waals surface area contributed by atoms with E-state index < -0.39 is 18.3 Å². The van der Waals surface area contributed by atoms with Gasteiger partial charge in [0.15, 0.2) is 0 Å². The lowest BCUT2D eigenvalue weighted by Crippen LogP contribution is -2.24. The van der Waals surface area contributed by atoms with E-state index in [4.69, 9.17) is 16.3 Å². The Bertz CT molecular complexity index is 1010. The molecule has 146 valence electrons. The molecular formula is C20H20ClN3O4. The average Bonchev–Trinajstić information content (AvgIpc) is 3.29. The van der Waals surface area contributed by atoms with E-state index in [0.29, 0.717) is 40.4 Å². The van der Waals surface area contributed by atoms with Gasteiger partial charge < -0.3 is 25.3 Å². The average molecular weight is 402 g/mol. The van der Waals surface area contributed by atoms with Crippen molar-refractivity contribution >= 4 is 28.5 Å². The first kappa shape index (κ1) is 18.9. The zero-order valence-corrected chi connectivity index (χ0v) is 15.7. The van der Waals surface area contributed by atoms with Gasteiger partial charge in [-0.15, -0.1) is 0 Å². The predicted molar refractivity (Wildman–Crippen MR) is 104 cm³/mol. The normalized spacial score (nSPS) is 21.9. The summed E-state index contributed by atoms with van der Waals surface area (Å²) >= 11 is 6.12. The number of H-pyrrole nitrogens is 1. The number of aromatic amines is 1. The highest BCUT2D eigenvalue weighted by atomic mass is 35.5. The fraction of sp³-hybridized carbons (Fsp3) is 0.300. The lowest BCUT2D eigenvalue weighted by molar-refractivity contribution is -0.0244. The number of nitrogens with one attached hydrogen (secondary N) is 2. The number of aromatic nitrogens is 2. The summed E-state index contributed by atoms with van der Waals surface area (Å²) in [4.78, 5) is 20.1. The standard InChI is InChI=1S/C20H20ClN3O4/c21-13-4-2-1-3-12(13)9-22-20(27)11-5-6-14-15(7-11)24-19(23-14)17-8-16(26)18(10-25)28-17/h1-7,16-18,25-26H,8-10H2,(H,22,27)(H,23,24)/t16-,17+,18+/m0/s1. The van der Waals surface area contributed by atoms with Crippen molar-refractivity contribution in [2.24, 2.45) is 0 Å². The molecule has 0 spiro atoms. The number of nitrogens with zero attached hydrogens (tertiary/aromatic N) is 1. The van der Waals surface area contributed by atoms with Crippen LogP contribution in [-0.2, 0) is 11.3 Å². The monoisotopic (exact) mass is 401 g/mol. The first-order valence-corrected chi connectivity index (χ1v) is 9.38. The Morgan fingerprint density at radius 1 is 1.32 bits per heavy atom. The van der Waals surface area contributed by atoms with Crippen molar-refractivity contribution in [1.82, 2.24) is 15.3 Å². The van der Waals surface area contributed by atoms with Crippen LogP contribution in [0.15, 0.2) is 42.5 Å². The largest absolute Gasteiger partial charge is 0.394 e. The molecule has 1 amide bonds. The first-order chi connectivity index (χ1) is 13.5. The third-order valence-electron chi connectivity index (χ3n) is 4.87. The first-order valence-electron chi connectivity index (χ1n) is 9.01. The molecule has 0 aliphatic carbocycles. The minimum atomic E-state index is -0.727. The molecule has 3 aromatic rings. The zero-order chi connectivity index (χ0) is 19.7. The molecule has 4 N–H and O–H groups in total. The van der Waals surface area contributed by atoms with E-state index in [9.17, 15) is 15.0 Å². The number of ether oxygens (including phenoxy) is 1. The van der Waals surface area contributed by atoms with Crippen molar-refractivity contribution in [1.29, 1.82) is 0 Å². The van der Waals surface area contributed by atoms with E-state index >= 15 is 0 Å². The molecule has 2 aromatic carbocycles. The van der Waals surface area contributed by atoms with Gasteiger partial charge in [0.1, 0.15) is 18.0 Å². The fourth-order valence-electron chi connectivity index (χ4n) is 3.31. The smallest absolute Gasteiger partial charge is 0.251 e. The number of aliphatic hydroxyl groups excluding tert-OH is 2. The molecule has 0 bridgehead atoms. The van der Waals surface area contributed by atoms with E-state index in [0.717, 1.165) is 5.56 Å². The maximum absolute atomic E-state index is 12.5. The van der Waals surface area contributed by atoms with E-state index in [1.54, 1.807) is 24.3 Å². The number of carbonyl (C=O) groups excluding carboxylic acids is 1. The number of benzene rings is 2. The molecule has 1 saturated heterocycles. The van der Waals surface area contributed by atoms with Crippen LogP contribution in [0.1, 0.15) is 34.3 Å². The summed E-state index contributed by atoms with van der Waals surface area (Å²) in [7, 11) is 0. The highest BCUT2D eigenvalue weighted by molar-refractivity contribution is 6.31. The molecule has 3 atom stereocenters. The molecule has 1 aliphatic rings. The molecule has 8 heteroatoms. The van der Waals surface area contributed by atoms with E-state index in [2.05, 4.69) is 15.3 Å². The van der Waals surface area contributed by atoms with Gasteiger partial charge in [0.25, 0.3) is 5.91 Å². The summed E-state index contributed by atoms with van der Waals surface area (Å²) < 4.78 is 5.63. The summed E-state index contributed by atoms with van der Waals surface area (Å²) in [6, 6.07) is 12.5. The quantitative estimate of drug-likeness (QED) is 0.525. The van der Waals surface area contributed by atoms with Gasteiger partial charge in [-0.25, -0.2) is 4.98 Å². The molecule has 0 saturated carbocycles. The third-order valence-corrected chi connectivity index (χ3v) is 5.24. The number of aliphatic hydroxyl groups is 2. The molecule has 1 fully saturated rings. The second-order valence-corrected chi connectivity index (χ2v) is 7.18. The zero-order valence-electron chi connectivity index (χ0n) is 14.9. The number of halogens is 1. The van der Waals surface area contributed by atoms with Crippen molar-refractivity contribution < 1.29 is 19.7 Å². The molecule has 0 unspecified atom stereocenters. The van der Waals surface area contributed by atoms with Crippen LogP contribution in [0, 0.1) is 0 Å². The van der Waals surface area contributed by atoms with E-state index in [1.165, 1.54) is 0 Å². The predicted octanol–water partition coefficient (Wildman–Crippen LogP) is 2.33. The summed E-state index contributed by atoms with van der Waals surface area (Å²) in [6.45, 7) is 0.0920. The summed E-state index contributed by atoms with van der Waals surface area (Å²) in [5.74, 6) is 0.351. The van der Waals surface area contributed by atoms with Crippen LogP contribution in [0.2, 0.25) is 5.02 Å². The lowest BCUT2D eigenvalue weighted by atomic mass is 10.1. The number of hydrogen-bond acceptors (Lipinski definition) is 5. The second kappa shape index (κ2) is 7.89. The van der Waals surface area contributed by atoms with Crippen LogP contribution < -0.4 is 5.32 Å². The number of carbonyl (C=O) groups is 1. The Balaban J connectivity index is 1.48. The van der Waals surface area contributed by atoms with Gasteiger partial charge in [-0.2, -0.15) is 0 Å². The number of rotatable bonds is 5. The van der Waals surface area contributed by atoms with E-state index in [-0.39, 0.29) is 12.5 Å². The van der Waals surface area contributed by atoms with Crippen LogP contribution in [0.25, 0.3) is 11.0 Å². The highest BCUT2D eigenvalue weighted by Gasteiger charge is 2.35. The Hall–Kier alpha value is -2.45. The summed E-state index contributed by atoms with van der Waals surface area (Å²) in [6.07, 6.45) is -1.40. The Morgan fingerprint density at radius 3 is 2.89 bits per heavy atom. The number of hydrogen-bond donors (Lipinski definition) is 4. The molecule has 28 heavy (non-hydrogen) atoms. The molecule has 7 nitrogen and oxygen atoms in total. The van der Waals surface area contributed by atoms with Crippen molar-refractivity contribution in [3.63, 3.8) is 0 Å². The number of fused-ring (bicyclic) bond motifs is 1. The van der Waals surface area contributed by atoms with Crippen LogP contribution in [0.5, 0.6) is 0 Å². The SMILES string of the molecule is O=C(NCc1ccccc1Cl)c1ccc2nc([C@H]3C[C@H](O)[C@@H](CO)O3)[nH]c2c1.